The number of nitrogens with zero attached hydrogens (tertiary/aromatic N) is 1. The van der Waals surface area contributed by atoms with Gasteiger partial charge in [-0.2, -0.15) is 0 Å². The molecule has 0 spiro atoms. The number of carbonyl (C=O) groups is 3. The quantitative estimate of drug-likeness (QED) is 0.616. The Kier molecular flexibility index (Phi) is 5.71. The molecule has 2 fully saturated rings. The lowest BCUT2D eigenvalue weighted by Crippen LogP contribution is -2.44. The molecular weight excluding hydrogens is 376 g/mol. The second-order valence-electron chi connectivity index (χ2n) is 8.15. The first-order chi connectivity index (χ1) is 13.6. The molecule has 2 aliphatic carbocycles. The van der Waals surface area contributed by atoms with E-state index in [0.29, 0.717) is 17.1 Å². The fourth-order valence-corrected chi connectivity index (χ4v) is 5.62. The van der Waals surface area contributed by atoms with Crippen LogP contribution in [-0.2, 0) is 27.2 Å². The summed E-state index contributed by atoms with van der Waals surface area (Å²) in [5.74, 6) is -0.293. The molecule has 1 aliphatic heterocycles. The van der Waals surface area contributed by atoms with Gasteiger partial charge < -0.3 is 15.0 Å². The molecule has 1 saturated heterocycles. The maximum Gasteiger partial charge on any atom is 0.341 e. The Morgan fingerprint density at radius 2 is 1.82 bits per heavy atom. The molecule has 6 nitrogen and oxygen atoms in total. The summed E-state index contributed by atoms with van der Waals surface area (Å²) in [6, 6.07) is 0. The molecule has 1 unspecified atom stereocenters. The second-order valence-corrected chi connectivity index (χ2v) is 9.25. The number of hydrogen-bond acceptors (Lipinski definition) is 5. The Hall–Kier alpha value is -1.89. The number of nitrogens with one attached hydrogen (secondary N) is 1. The zero-order valence-corrected chi connectivity index (χ0v) is 17.2. The van der Waals surface area contributed by atoms with Crippen molar-refractivity contribution in [3.8, 4) is 0 Å². The summed E-state index contributed by atoms with van der Waals surface area (Å²) < 4.78 is 5.01. The lowest BCUT2D eigenvalue weighted by atomic mass is 9.96. The summed E-state index contributed by atoms with van der Waals surface area (Å²) >= 11 is 1.52. The molecule has 0 radical (unpaired) electrons. The Morgan fingerprint density at radius 1 is 1.04 bits per heavy atom. The minimum Gasteiger partial charge on any atom is -0.465 e. The predicted octanol–water partition coefficient (Wildman–Crippen LogP) is 3.39. The molecule has 1 N–H and O–H groups in total. The Morgan fingerprint density at radius 3 is 2.57 bits per heavy atom. The molecular formula is C21H28N2O4S. The third-order valence-electron chi connectivity index (χ3n) is 6.08. The minimum atomic E-state index is -0.371. The van der Waals surface area contributed by atoms with Crippen molar-refractivity contribution in [2.24, 2.45) is 11.8 Å². The SMILES string of the molecule is COC(=O)c1c(NC(=O)C2CCCN(C(=O)C3CC3)C2)sc2c1CCCCC2. The third-order valence-corrected chi connectivity index (χ3v) is 7.29. The van der Waals surface area contributed by atoms with E-state index >= 15 is 0 Å². The fraction of sp³-hybridized carbons (Fsp3) is 0.667. The van der Waals surface area contributed by atoms with Gasteiger partial charge >= 0.3 is 5.97 Å². The Bertz CT molecular complexity index is 784. The molecule has 3 aliphatic rings. The summed E-state index contributed by atoms with van der Waals surface area (Å²) in [6.45, 7) is 1.24. The number of likely N-dealkylation sites (tertiary alicyclic amines) is 1. The van der Waals surface area contributed by atoms with Crippen molar-refractivity contribution >= 4 is 34.1 Å². The normalized spacial score (nSPS) is 22.2. The number of esters is 1. The van der Waals surface area contributed by atoms with Crippen molar-refractivity contribution in [2.45, 2.75) is 57.8 Å². The topological polar surface area (TPSA) is 75.7 Å². The van der Waals surface area contributed by atoms with Gasteiger partial charge in [0.1, 0.15) is 5.00 Å². The van der Waals surface area contributed by atoms with Gasteiger partial charge in [-0.3, -0.25) is 9.59 Å². The van der Waals surface area contributed by atoms with Gasteiger partial charge in [-0.15, -0.1) is 11.3 Å². The van der Waals surface area contributed by atoms with Crippen molar-refractivity contribution < 1.29 is 19.1 Å². The third kappa shape index (κ3) is 3.95. The maximum atomic E-state index is 13.0. The van der Waals surface area contributed by atoms with Crippen LogP contribution < -0.4 is 5.32 Å². The van der Waals surface area contributed by atoms with E-state index in [0.717, 1.165) is 69.9 Å². The molecule has 2 heterocycles. The van der Waals surface area contributed by atoms with Gasteiger partial charge in [-0.25, -0.2) is 4.79 Å². The number of fused-ring (bicyclic) bond motifs is 1. The standard InChI is InChI=1S/C21H28N2O4S/c1-27-21(26)17-15-7-3-2-4-8-16(15)28-19(17)22-18(24)14-6-5-11-23(12-14)20(25)13-9-10-13/h13-14H,2-12H2,1H3,(H,22,24). The number of thiophene rings is 1. The van der Waals surface area contributed by atoms with Gasteiger partial charge in [-0.05, 0) is 56.9 Å². The van der Waals surface area contributed by atoms with E-state index in [9.17, 15) is 14.4 Å². The number of anilines is 1. The van der Waals surface area contributed by atoms with Crippen molar-refractivity contribution in [2.75, 3.05) is 25.5 Å². The highest BCUT2D eigenvalue weighted by atomic mass is 32.1. The van der Waals surface area contributed by atoms with Crippen LogP contribution in [0, 0.1) is 11.8 Å². The highest BCUT2D eigenvalue weighted by Crippen LogP contribution is 2.38. The molecule has 4 rings (SSSR count). The number of carbonyl (C=O) groups excluding carboxylic acids is 3. The van der Waals surface area contributed by atoms with Crippen molar-refractivity contribution in [1.82, 2.24) is 4.90 Å². The van der Waals surface area contributed by atoms with E-state index in [-0.39, 0.29) is 29.6 Å². The van der Waals surface area contributed by atoms with Crippen LogP contribution in [-0.4, -0.2) is 42.9 Å². The van der Waals surface area contributed by atoms with Gasteiger partial charge in [0.05, 0.1) is 18.6 Å². The van der Waals surface area contributed by atoms with Crippen molar-refractivity contribution in [1.29, 1.82) is 0 Å². The Labute approximate surface area is 169 Å². The van der Waals surface area contributed by atoms with Crippen LogP contribution in [0.15, 0.2) is 0 Å². The number of amides is 2. The van der Waals surface area contributed by atoms with Crippen LogP contribution in [0.2, 0.25) is 0 Å². The minimum absolute atomic E-state index is 0.0881. The van der Waals surface area contributed by atoms with E-state index in [1.165, 1.54) is 23.3 Å². The molecule has 2 amide bonds. The molecule has 7 heteroatoms. The lowest BCUT2D eigenvalue weighted by molar-refractivity contribution is -0.135. The van der Waals surface area contributed by atoms with E-state index < -0.39 is 0 Å². The van der Waals surface area contributed by atoms with Crippen LogP contribution >= 0.6 is 11.3 Å². The molecule has 28 heavy (non-hydrogen) atoms. The molecule has 0 bridgehead atoms. The number of aryl methyl sites for hydroxylation is 1. The molecule has 152 valence electrons. The van der Waals surface area contributed by atoms with Crippen molar-refractivity contribution in [3.05, 3.63) is 16.0 Å². The molecule has 1 saturated carbocycles. The summed E-state index contributed by atoms with van der Waals surface area (Å²) in [4.78, 5) is 40.8. The first-order valence-corrected chi connectivity index (χ1v) is 11.2. The maximum absolute atomic E-state index is 13.0. The average Bonchev–Trinajstić information content (AvgIpc) is 3.53. The van der Waals surface area contributed by atoms with Crippen LogP contribution in [0.5, 0.6) is 0 Å². The van der Waals surface area contributed by atoms with Crippen LogP contribution in [0.25, 0.3) is 0 Å². The highest BCUT2D eigenvalue weighted by Gasteiger charge is 2.37. The largest absolute Gasteiger partial charge is 0.465 e. The summed E-state index contributed by atoms with van der Waals surface area (Å²) in [6.07, 6.45) is 8.73. The van der Waals surface area contributed by atoms with Crippen LogP contribution in [0.3, 0.4) is 0 Å². The summed E-state index contributed by atoms with van der Waals surface area (Å²) in [5.41, 5.74) is 1.60. The monoisotopic (exact) mass is 404 g/mol. The number of ether oxygens (including phenoxy) is 1. The van der Waals surface area contributed by atoms with Gasteiger partial charge in [0.25, 0.3) is 0 Å². The average molecular weight is 405 g/mol. The number of rotatable bonds is 4. The fourth-order valence-electron chi connectivity index (χ4n) is 4.34. The molecule has 1 atom stereocenters. The Balaban J connectivity index is 1.50. The van der Waals surface area contributed by atoms with Crippen LogP contribution in [0.4, 0.5) is 5.00 Å². The van der Waals surface area contributed by atoms with E-state index in [2.05, 4.69) is 5.32 Å². The summed E-state index contributed by atoms with van der Waals surface area (Å²) in [7, 11) is 1.39. The van der Waals surface area contributed by atoms with Gasteiger partial charge in [0.2, 0.25) is 11.8 Å². The smallest absolute Gasteiger partial charge is 0.341 e. The van der Waals surface area contributed by atoms with Crippen molar-refractivity contribution in [3.63, 3.8) is 0 Å². The number of methoxy groups -OCH3 is 1. The second kappa shape index (κ2) is 8.23. The van der Waals surface area contributed by atoms with E-state index in [1.54, 1.807) is 0 Å². The number of hydrogen-bond donors (Lipinski definition) is 1. The zero-order valence-electron chi connectivity index (χ0n) is 16.4. The summed E-state index contributed by atoms with van der Waals surface area (Å²) in [5, 5.41) is 3.64. The number of piperidine rings is 1. The lowest BCUT2D eigenvalue weighted by Gasteiger charge is -2.32. The van der Waals surface area contributed by atoms with Gasteiger partial charge in [0, 0.05) is 23.9 Å². The van der Waals surface area contributed by atoms with E-state index in [1.807, 2.05) is 4.90 Å². The van der Waals surface area contributed by atoms with Gasteiger partial charge in [-0.1, -0.05) is 6.42 Å². The molecule has 1 aromatic heterocycles. The van der Waals surface area contributed by atoms with E-state index in [4.69, 9.17) is 4.74 Å². The first-order valence-electron chi connectivity index (χ1n) is 10.4. The zero-order chi connectivity index (χ0) is 19.7. The first kappa shape index (κ1) is 19.4. The van der Waals surface area contributed by atoms with Gasteiger partial charge in [0.15, 0.2) is 0 Å². The predicted molar refractivity (Wildman–Crippen MR) is 108 cm³/mol. The molecule has 0 aromatic carbocycles. The van der Waals surface area contributed by atoms with Crippen LogP contribution in [0.1, 0.15) is 65.7 Å². The molecule has 1 aromatic rings. The highest BCUT2D eigenvalue weighted by molar-refractivity contribution is 7.17.